The van der Waals surface area contributed by atoms with Gasteiger partial charge in [0.1, 0.15) is 0 Å². The minimum atomic E-state index is -1.56. The maximum atomic E-state index is 2.97. The molecule has 0 saturated carbocycles. The first-order chi connectivity index (χ1) is 13.0. The zero-order chi connectivity index (χ0) is 23.9. The van der Waals surface area contributed by atoms with Gasteiger partial charge < -0.3 is 0 Å². The average molecular weight is 491 g/mol. The Morgan fingerprint density at radius 3 is 0.733 bits per heavy atom. The molecule has 0 atom stereocenters. The quantitative estimate of drug-likeness (QED) is 0.301. The Morgan fingerprint density at radius 2 is 0.600 bits per heavy atom. The van der Waals surface area contributed by atoms with E-state index in [1.165, 1.54) is 12.3 Å². The van der Waals surface area contributed by atoms with Crippen LogP contribution in [-0.2, 0) is 0 Å². The molecule has 0 N–H and O–H groups in total. The van der Waals surface area contributed by atoms with Gasteiger partial charge in [-0.25, -0.2) is 0 Å². The molecule has 0 radical (unpaired) electrons. The van der Waals surface area contributed by atoms with Crippen LogP contribution in [0.5, 0.6) is 0 Å². The summed E-state index contributed by atoms with van der Waals surface area (Å²) in [6.45, 7) is 39.5. The molecule has 0 unspecified atom stereocenters. The summed E-state index contributed by atoms with van der Waals surface area (Å²) in [5, 5.41) is 0. The smallest absolute Gasteiger partial charge is 0.210 e. The third-order valence-electron chi connectivity index (χ3n) is 6.04. The van der Waals surface area contributed by atoms with E-state index in [0.717, 1.165) is 0 Å². The van der Waals surface area contributed by atoms with Gasteiger partial charge in [-0.05, 0) is 122 Å². The minimum Gasteiger partial charge on any atom is -0.273 e. The van der Waals surface area contributed by atoms with Crippen LogP contribution >= 0.6 is 16.4 Å². The Labute approximate surface area is 194 Å². The van der Waals surface area contributed by atoms with Crippen LogP contribution in [-0.4, -0.2) is 68.6 Å². The van der Waals surface area contributed by atoms with Crippen LogP contribution in [0.3, 0.4) is 0 Å². The lowest BCUT2D eigenvalue weighted by atomic mass is 10.1. The Kier molecular flexibility index (Phi) is 7.15. The standard InChI is InChI=1S/C22H52N4P2Si2/c1-19(2,3)23-27(24(20(4,5)6)29(23,13)14)17-18-28-25(21(7,8)9)30(15,16)26(28)22(10,11)12/h17-18H2,1-16H3. The Balaban J connectivity index is 2.33. The summed E-state index contributed by atoms with van der Waals surface area (Å²) in [5.41, 5.74) is 1.05. The van der Waals surface area contributed by atoms with Gasteiger partial charge in [-0.2, -0.15) is 0 Å². The fourth-order valence-electron chi connectivity index (χ4n) is 6.66. The first-order valence-electron chi connectivity index (χ1n) is 11.7. The van der Waals surface area contributed by atoms with Crippen LogP contribution in [0.2, 0.25) is 26.2 Å². The maximum absolute atomic E-state index is 2.97. The summed E-state index contributed by atoms with van der Waals surface area (Å²) in [6.07, 6.45) is 2.69. The number of rotatable bonds is 3. The molecule has 178 valence electrons. The normalized spacial score (nSPS) is 26.0. The van der Waals surface area contributed by atoms with Crippen molar-refractivity contribution in [3.8, 4) is 0 Å². The SMILES string of the molecule is CC(C)(C)N1P(CCP2N(C(C)(C)C)[Si](C)(C)N2C(C)(C)C)N(C(C)(C)C)[Si]1(C)C. The third kappa shape index (κ3) is 4.69. The highest BCUT2D eigenvalue weighted by molar-refractivity contribution is 7.65. The van der Waals surface area contributed by atoms with Crippen LogP contribution in [0.4, 0.5) is 0 Å². The van der Waals surface area contributed by atoms with Gasteiger partial charge in [-0.1, -0.05) is 0 Å². The van der Waals surface area contributed by atoms with Gasteiger partial charge in [0.2, 0.25) is 16.8 Å². The predicted octanol–water partition coefficient (Wildman–Crippen LogP) is 7.44. The van der Waals surface area contributed by atoms with E-state index in [0.29, 0.717) is 0 Å². The molecule has 2 aliphatic heterocycles. The Hall–Kier alpha value is 1.13. The van der Waals surface area contributed by atoms with E-state index in [2.05, 4.69) is 127 Å². The molecule has 30 heavy (non-hydrogen) atoms. The fourth-order valence-corrected chi connectivity index (χ4v) is 30.2. The highest BCUT2D eigenvalue weighted by atomic mass is 31.2. The number of nitrogens with zero attached hydrogens (tertiary/aromatic N) is 4. The molecular formula is C22H52N4P2Si2. The van der Waals surface area contributed by atoms with E-state index in [9.17, 15) is 0 Å². The molecule has 0 amide bonds. The third-order valence-corrected chi connectivity index (χ3v) is 27.4. The van der Waals surface area contributed by atoms with Crippen LogP contribution in [0.1, 0.15) is 83.1 Å². The topological polar surface area (TPSA) is 13.0 Å². The summed E-state index contributed by atoms with van der Waals surface area (Å²) in [4.78, 5) is 0. The van der Waals surface area contributed by atoms with Crippen LogP contribution < -0.4 is 0 Å². The molecule has 2 saturated heterocycles. The van der Waals surface area contributed by atoms with Crippen molar-refractivity contribution >= 4 is 33.2 Å². The van der Waals surface area contributed by atoms with Gasteiger partial charge >= 0.3 is 0 Å². The van der Waals surface area contributed by atoms with E-state index in [4.69, 9.17) is 0 Å². The van der Waals surface area contributed by atoms with Crippen LogP contribution in [0.25, 0.3) is 0 Å². The second kappa shape index (κ2) is 7.84. The van der Waals surface area contributed by atoms with Gasteiger partial charge in [0.15, 0.2) is 0 Å². The molecule has 0 aromatic heterocycles. The summed E-state index contributed by atoms with van der Waals surface area (Å²) < 4.78 is 11.9. The molecule has 8 heteroatoms. The molecule has 2 rings (SSSR count). The van der Waals surface area contributed by atoms with E-state index in [-0.39, 0.29) is 38.6 Å². The zero-order valence-electron chi connectivity index (χ0n) is 23.1. The summed E-state index contributed by atoms with van der Waals surface area (Å²) in [6, 6.07) is 0. The molecule has 0 aromatic rings. The molecule has 2 heterocycles. The summed E-state index contributed by atoms with van der Waals surface area (Å²) in [7, 11) is -3.57. The molecule has 0 aliphatic carbocycles. The van der Waals surface area contributed by atoms with Gasteiger partial charge in [0, 0.05) is 38.6 Å². The van der Waals surface area contributed by atoms with Crippen molar-refractivity contribution < 1.29 is 0 Å². The van der Waals surface area contributed by atoms with Gasteiger partial charge in [0.25, 0.3) is 0 Å². The van der Waals surface area contributed by atoms with Crippen molar-refractivity contribution in [1.29, 1.82) is 0 Å². The van der Waals surface area contributed by atoms with Crippen molar-refractivity contribution in [2.24, 2.45) is 0 Å². The van der Waals surface area contributed by atoms with Crippen molar-refractivity contribution in [2.75, 3.05) is 12.3 Å². The lowest BCUT2D eigenvalue weighted by molar-refractivity contribution is 0.234. The molecule has 2 fully saturated rings. The van der Waals surface area contributed by atoms with Crippen LogP contribution in [0, 0.1) is 0 Å². The monoisotopic (exact) mass is 490 g/mol. The summed E-state index contributed by atoms with van der Waals surface area (Å²) in [5.74, 6) is 0. The maximum Gasteiger partial charge on any atom is 0.210 e. The van der Waals surface area contributed by atoms with E-state index < -0.39 is 16.8 Å². The largest absolute Gasteiger partial charge is 0.273 e. The van der Waals surface area contributed by atoms with E-state index in [1.54, 1.807) is 0 Å². The van der Waals surface area contributed by atoms with Crippen LogP contribution in [0.15, 0.2) is 0 Å². The first kappa shape index (κ1) is 27.4. The van der Waals surface area contributed by atoms with Gasteiger partial charge in [0.05, 0.1) is 0 Å². The number of hydrogen-bond donors (Lipinski definition) is 0. The minimum absolute atomic E-state index is 0.227. The Bertz CT molecular complexity index is 537. The second-order valence-corrected chi connectivity index (χ2v) is 27.4. The van der Waals surface area contributed by atoms with Gasteiger partial charge in [-0.3, -0.25) is 17.3 Å². The highest BCUT2D eigenvalue weighted by Gasteiger charge is 2.64. The highest BCUT2D eigenvalue weighted by Crippen LogP contribution is 2.71. The second-order valence-electron chi connectivity index (χ2n) is 14.1. The number of hydrogen-bond acceptors (Lipinski definition) is 4. The molecule has 0 bridgehead atoms. The van der Waals surface area contributed by atoms with Crippen molar-refractivity contribution in [1.82, 2.24) is 17.3 Å². The summed E-state index contributed by atoms with van der Waals surface area (Å²) >= 11 is 0. The van der Waals surface area contributed by atoms with Gasteiger partial charge in [-0.15, -0.1) is 0 Å². The molecule has 4 nitrogen and oxygen atoms in total. The van der Waals surface area contributed by atoms with E-state index >= 15 is 0 Å². The predicted molar refractivity (Wildman–Crippen MR) is 145 cm³/mol. The van der Waals surface area contributed by atoms with Crippen molar-refractivity contribution in [2.45, 2.75) is 131 Å². The first-order valence-corrected chi connectivity index (χ1v) is 20.4. The van der Waals surface area contributed by atoms with Crippen molar-refractivity contribution in [3.63, 3.8) is 0 Å². The molecule has 0 spiro atoms. The molecule has 0 aromatic carbocycles. The molecular weight excluding hydrogens is 438 g/mol. The zero-order valence-corrected chi connectivity index (χ0v) is 26.9. The van der Waals surface area contributed by atoms with E-state index in [1.807, 2.05) is 0 Å². The Morgan fingerprint density at radius 1 is 0.433 bits per heavy atom. The lowest BCUT2D eigenvalue weighted by Gasteiger charge is -2.72. The molecule has 2 aliphatic rings. The lowest BCUT2D eigenvalue weighted by Crippen LogP contribution is -2.78. The fraction of sp³-hybridized carbons (Fsp3) is 1.00. The average Bonchev–Trinajstić information content (AvgIpc) is 2.33. The van der Waals surface area contributed by atoms with Crippen molar-refractivity contribution in [3.05, 3.63) is 0 Å².